The van der Waals surface area contributed by atoms with E-state index < -0.39 is 0 Å². The van der Waals surface area contributed by atoms with Crippen LogP contribution in [0.25, 0.3) is 10.6 Å². The number of pyridine rings is 1. The van der Waals surface area contributed by atoms with Gasteiger partial charge in [-0.1, -0.05) is 19.8 Å². The van der Waals surface area contributed by atoms with E-state index in [0.29, 0.717) is 23.9 Å². The molecule has 160 valence electrons. The summed E-state index contributed by atoms with van der Waals surface area (Å²) in [7, 11) is 0. The first-order valence-corrected chi connectivity index (χ1v) is 11.8. The fourth-order valence-corrected chi connectivity index (χ4v) is 5.58. The number of nitrogens with one attached hydrogen (secondary N) is 1. The van der Waals surface area contributed by atoms with Crippen molar-refractivity contribution >= 4 is 23.2 Å². The average molecular weight is 427 g/mol. The molecule has 3 unspecified atom stereocenters. The molecule has 0 aromatic carbocycles. The van der Waals surface area contributed by atoms with Crippen LogP contribution in [0.3, 0.4) is 0 Å². The fourth-order valence-electron chi connectivity index (χ4n) is 4.56. The number of nitrogens with zero attached hydrogens (tertiary/aromatic N) is 3. The SMILES string of the molecule is Cc1nc(-c2cccnc2)sc1C(=O)N1CCCC(C(=O)NC2CCCCC2C)C1. The molecule has 2 aliphatic rings. The van der Waals surface area contributed by atoms with Gasteiger partial charge in [-0.05, 0) is 50.7 Å². The Balaban J connectivity index is 1.42. The maximum absolute atomic E-state index is 13.2. The molecule has 2 aromatic rings. The van der Waals surface area contributed by atoms with Gasteiger partial charge in [0.25, 0.3) is 5.91 Å². The number of thiazole rings is 1. The molecule has 3 heterocycles. The van der Waals surface area contributed by atoms with Gasteiger partial charge in [-0.15, -0.1) is 11.3 Å². The molecule has 6 nitrogen and oxygen atoms in total. The van der Waals surface area contributed by atoms with Gasteiger partial charge in [-0.25, -0.2) is 4.98 Å². The zero-order valence-electron chi connectivity index (χ0n) is 17.8. The number of amides is 2. The van der Waals surface area contributed by atoms with Crippen LogP contribution in [0.5, 0.6) is 0 Å². The Kier molecular flexibility index (Phi) is 6.46. The van der Waals surface area contributed by atoms with Crippen LogP contribution in [-0.4, -0.2) is 45.8 Å². The summed E-state index contributed by atoms with van der Waals surface area (Å²) < 4.78 is 0. The topological polar surface area (TPSA) is 75.2 Å². The predicted octanol–water partition coefficient (Wildman–Crippen LogP) is 4.06. The molecule has 1 saturated carbocycles. The van der Waals surface area contributed by atoms with Crippen molar-refractivity contribution in [2.24, 2.45) is 11.8 Å². The van der Waals surface area contributed by atoms with E-state index in [2.05, 4.69) is 22.2 Å². The van der Waals surface area contributed by atoms with Gasteiger partial charge in [-0.2, -0.15) is 0 Å². The Morgan fingerprint density at radius 3 is 2.80 bits per heavy atom. The lowest BCUT2D eigenvalue weighted by molar-refractivity contribution is -0.127. The summed E-state index contributed by atoms with van der Waals surface area (Å²) in [6, 6.07) is 4.10. The molecule has 2 aromatic heterocycles. The summed E-state index contributed by atoms with van der Waals surface area (Å²) in [5.74, 6) is 0.518. The van der Waals surface area contributed by atoms with Crippen LogP contribution < -0.4 is 5.32 Å². The van der Waals surface area contributed by atoms with Crippen LogP contribution in [0.1, 0.15) is 60.8 Å². The predicted molar refractivity (Wildman–Crippen MR) is 118 cm³/mol. The molecule has 1 aliphatic heterocycles. The van der Waals surface area contributed by atoms with Crippen LogP contribution in [-0.2, 0) is 4.79 Å². The van der Waals surface area contributed by atoms with Crippen LogP contribution in [0.4, 0.5) is 0 Å². The van der Waals surface area contributed by atoms with Gasteiger partial charge in [0.1, 0.15) is 9.88 Å². The average Bonchev–Trinajstić information content (AvgIpc) is 3.17. The number of piperidine rings is 1. The van der Waals surface area contributed by atoms with Gasteiger partial charge in [-0.3, -0.25) is 14.6 Å². The summed E-state index contributed by atoms with van der Waals surface area (Å²) in [6.45, 7) is 5.29. The highest BCUT2D eigenvalue weighted by molar-refractivity contribution is 7.17. The van der Waals surface area contributed by atoms with Crippen molar-refractivity contribution in [3.8, 4) is 10.6 Å². The van der Waals surface area contributed by atoms with Crippen molar-refractivity contribution in [2.75, 3.05) is 13.1 Å². The number of hydrogen-bond acceptors (Lipinski definition) is 5. The Morgan fingerprint density at radius 1 is 1.20 bits per heavy atom. The summed E-state index contributed by atoms with van der Waals surface area (Å²) in [5.41, 5.74) is 1.66. The number of aromatic nitrogens is 2. The highest BCUT2D eigenvalue weighted by atomic mass is 32.1. The Hall–Kier alpha value is -2.28. The van der Waals surface area contributed by atoms with Gasteiger partial charge in [0.15, 0.2) is 0 Å². The van der Waals surface area contributed by atoms with Crippen LogP contribution in [0.2, 0.25) is 0 Å². The minimum absolute atomic E-state index is 0.0105. The number of carbonyl (C=O) groups is 2. The molecule has 1 saturated heterocycles. The molecule has 1 aliphatic carbocycles. The maximum atomic E-state index is 13.2. The van der Waals surface area contributed by atoms with Gasteiger partial charge in [0.2, 0.25) is 5.91 Å². The molecule has 7 heteroatoms. The highest BCUT2D eigenvalue weighted by Gasteiger charge is 2.32. The summed E-state index contributed by atoms with van der Waals surface area (Å²) in [5, 5.41) is 4.09. The van der Waals surface area contributed by atoms with Crippen LogP contribution in [0.15, 0.2) is 24.5 Å². The molecule has 30 heavy (non-hydrogen) atoms. The molecule has 4 rings (SSSR count). The number of carbonyl (C=O) groups excluding carboxylic acids is 2. The second-order valence-electron chi connectivity index (χ2n) is 8.64. The quantitative estimate of drug-likeness (QED) is 0.800. The van der Waals surface area contributed by atoms with Crippen LogP contribution >= 0.6 is 11.3 Å². The van der Waals surface area contributed by atoms with Crippen molar-refractivity contribution < 1.29 is 9.59 Å². The van der Waals surface area contributed by atoms with Crippen LogP contribution in [0, 0.1) is 18.8 Å². The van der Waals surface area contributed by atoms with Crippen molar-refractivity contribution in [3.05, 3.63) is 35.1 Å². The second-order valence-corrected chi connectivity index (χ2v) is 9.64. The van der Waals surface area contributed by atoms with E-state index in [-0.39, 0.29) is 23.8 Å². The largest absolute Gasteiger partial charge is 0.353 e. The first-order chi connectivity index (χ1) is 14.5. The Morgan fingerprint density at radius 2 is 2.03 bits per heavy atom. The third-order valence-electron chi connectivity index (χ3n) is 6.42. The first kappa shape index (κ1) is 21.0. The smallest absolute Gasteiger partial charge is 0.265 e. The van der Waals surface area contributed by atoms with E-state index in [1.165, 1.54) is 30.6 Å². The third kappa shape index (κ3) is 4.56. The molecular formula is C23H30N4O2S. The second kappa shape index (κ2) is 9.25. The van der Waals surface area contributed by atoms with E-state index in [1.807, 2.05) is 24.0 Å². The molecule has 0 spiro atoms. The number of aryl methyl sites for hydroxylation is 1. The Labute approximate surface area is 182 Å². The fraction of sp³-hybridized carbons (Fsp3) is 0.565. The minimum atomic E-state index is -0.122. The lowest BCUT2D eigenvalue weighted by atomic mass is 9.85. The first-order valence-electron chi connectivity index (χ1n) is 11.0. The lowest BCUT2D eigenvalue weighted by Crippen LogP contribution is -2.49. The zero-order chi connectivity index (χ0) is 21.1. The molecule has 1 N–H and O–H groups in total. The van der Waals surface area contributed by atoms with Crippen molar-refractivity contribution in [2.45, 2.75) is 58.4 Å². The maximum Gasteiger partial charge on any atom is 0.265 e. The Bertz CT molecular complexity index is 898. The zero-order valence-corrected chi connectivity index (χ0v) is 18.6. The molecule has 2 fully saturated rings. The van der Waals surface area contributed by atoms with Crippen molar-refractivity contribution in [1.29, 1.82) is 0 Å². The van der Waals surface area contributed by atoms with Gasteiger partial charge in [0, 0.05) is 37.1 Å². The highest BCUT2D eigenvalue weighted by Crippen LogP contribution is 2.30. The van der Waals surface area contributed by atoms with E-state index in [0.717, 1.165) is 35.5 Å². The monoisotopic (exact) mass is 426 g/mol. The number of rotatable bonds is 4. The minimum Gasteiger partial charge on any atom is -0.353 e. The molecule has 2 amide bonds. The van der Waals surface area contributed by atoms with E-state index >= 15 is 0 Å². The molecule has 3 atom stereocenters. The standard InChI is InChI=1S/C23H30N4O2S/c1-15-7-3-4-10-19(15)26-21(28)18-9-6-12-27(14-18)23(29)20-16(2)25-22(30-20)17-8-5-11-24-13-17/h5,8,11,13,15,18-19H,3-4,6-7,9-10,12,14H2,1-2H3,(H,26,28). The molecule has 0 radical (unpaired) electrons. The molecular weight excluding hydrogens is 396 g/mol. The van der Waals surface area contributed by atoms with E-state index in [1.54, 1.807) is 12.4 Å². The number of hydrogen-bond donors (Lipinski definition) is 1. The van der Waals surface area contributed by atoms with Gasteiger partial charge in [0.05, 0.1) is 11.6 Å². The van der Waals surface area contributed by atoms with E-state index in [9.17, 15) is 9.59 Å². The summed E-state index contributed by atoms with van der Waals surface area (Å²) >= 11 is 1.41. The van der Waals surface area contributed by atoms with Crippen molar-refractivity contribution in [3.63, 3.8) is 0 Å². The lowest BCUT2D eigenvalue weighted by Gasteiger charge is -2.35. The van der Waals surface area contributed by atoms with Gasteiger partial charge < -0.3 is 10.2 Å². The summed E-state index contributed by atoms with van der Waals surface area (Å²) in [6.07, 6.45) is 9.90. The third-order valence-corrected chi connectivity index (χ3v) is 7.61. The van der Waals surface area contributed by atoms with E-state index in [4.69, 9.17) is 0 Å². The normalized spacial score (nSPS) is 24.5. The van der Waals surface area contributed by atoms with Crippen molar-refractivity contribution in [1.82, 2.24) is 20.2 Å². The summed E-state index contributed by atoms with van der Waals surface area (Å²) in [4.78, 5) is 37.4. The molecule has 0 bridgehead atoms. The number of likely N-dealkylation sites (tertiary alicyclic amines) is 1. The van der Waals surface area contributed by atoms with Gasteiger partial charge >= 0.3 is 0 Å².